The van der Waals surface area contributed by atoms with Gasteiger partial charge in [0.25, 0.3) is 0 Å². The molecule has 0 saturated heterocycles. The Morgan fingerprint density at radius 3 is 2.92 bits per heavy atom. The third kappa shape index (κ3) is 2.03. The van der Waals surface area contributed by atoms with Crippen LogP contribution in [-0.2, 0) is 6.54 Å². The number of hydrogen-bond acceptors (Lipinski definition) is 4. The second-order valence-corrected chi connectivity index (χ2v) is 3.53. The van der Waals surface area contributed by atoms with Crippen LogP contribution in [0.1, 0.15) is 37.4 Å². The van der Waals surface area contributed by atoms with Crippen molar-refractivity contribution in [2.24, 2.45) is 5.73 Å². The molecular formula is C8H15N5. The van der Waals surface area contributed by atoms with E-state index in [1.165, 1.54) is 12.8 Å². The first-order valence-corrected chi connectivity index (χ1v) is 4.88. The smallest absolute Gasteiger partial charge is 0.154 e. The van der Waals surface area contributed by atoms with Crippen LogP contribution in [0.25, 0.3) is 0 Å². The fourth-order valence-electron chi connectivity index (χ4n) is 1.41. The Hall–Kier alpha value is -0.970. The van der Waals surface area contributed by atoms with Crippen molar-refractivity contribution in [2.75, 3.05) is 6.54 Å². The summed E-state index contributed by atoms with van der Waals surface area (Å²) in [7, 11) is 0. The summed E-state index contributed by atoms with van der Waals surface area (Å²) >= 11 is 0. The SMILES string of the molecule is NCCCCn1nnnc1C1CC1. The molecule has 1 saturated carbocycles. The average molecular weight is 181 g/mol. The standard InChI is InChI=1S/C8H15N5/c9-5-1-2-6-13-8(7-3-4-7)10-11-12-13/h7H,1-6,9H2. The summed E-state index contributed by atoms with van der Waals surface area (Å²) in [5.41, 5.74) is 5.42. The second kappa shape index (κ2) is 3.83. The zero-order valence-electron chi connectivity index (χ0n) is 7.69. The van der Waals surface area contributed by atoms with E-state index in [-0.39, 0.29) is 0 Å². The molecule has 0 aliphatic heterocycles. The van der Waals surface area contributed by atoms with Gasteiger partial charge < -0.3 is 5.73 Å². The maximum Gasteiger partial charge on any atom is 0.154 e. The van der Waals surface area contributed by atoms with Gasteiger partial charge in [-0.2, -0.15) is 0 Å². The van der Waals surface area contributed by atoms with E-state index in [0.29, 0.717) is 5.92 Å². The Morgan fingerprint density at radius 1 is 1.38 bits per heavy atom. The van der Waals surface area contributed by atoms with Crippen LogP contribution in [0.5, 0.6) is 0 Å². The molecule has 0 bridgehead atoms. The number of unbranched alkanes of at least 4 members (excludes halogenated alkanes) is 1. The van der Waals surface area contributed by atoms with Crippen LogP contribution in [0.15, 0.2) is 0 Å². The quantitative estimate of drug-likeness (QED) is 0.663. The molecule has 13 heavy (non-hydrogen) atoms. The predicted octanol–water partition coefficient (Wildman–Crippen LogP) is 0.289. The van der Waals surface area contributed by atoms with Crippen molar-refractivity contribution in [1.82, 2.24) is 20.2 Å². The molecule has 2 N–H and O–H groups in total. The van der Waals surface area contributed by atoms with Crippen molar-refractivity contribution in [3.63, 3.8) is 0 Å². The normalized spacial score (nSPS) is 16.4. The molecule has 0 spiro atoms. The zero-order valence-corrected chi connectivity index (χ0v) is 7.69. The molecule has 1 aliphatic carbocycles. The van der Waals surface area contributed by atoms with E-state index in [1.54, 1.807) is 0 Å². The average Bonchev–Trinajstić information content (AvgIpc) is 2.88. The molecule has 1 fully saturated rings. The lowest BCUT2D eigenvalue weighted by Gasteiger charge is -2.01. The lowest BCUT2D eigenvalue weighted by atomic mass is 10.3. The van der Waals surface area contributed by atoms with Crippen LogP contribution in [0.4, 0.5) is 0 Å². The number of aromatic nitrogens is 4. The number of nitrogens with zero attached hydrogens (tertiary/aromatic N) is 4. The summed E-state index contributed by atoms with van der Waals surface area (Å²) in [5.74, 6) is 1.70. The van der Waals surface area contributed by atoms with Gasteiger partial charge in [0.1, 0.15) is 0 Å². The van der Waals surface area contributed by atoms with E-state index >= 15 is 0 Å². The Bertz CT molecular complexity index is 265. The van der Waals surface area contributed by atoms with Gasteiger partial charge >= 0.3 is 0 Å². The maximum absolute atomic E-state index is 5.42. The third-order valence-electron chi connectivity index (χ3n) is 2.33. The van der Waals surface area contributed by atoms with Crippen LogP contribution in [-0.4, -0.2) is 26.8 Å². The van der Waals surface area contributed by atoms with Crippen molar-refractivity contribution in [2.45, 2.75) is 38.1 Å². The predicted molar refractivity (Wildman–Crippen MR) is 48.1 cm³/mol. The first kappa shape index (κ1) is 8.62. The van der Waals surface area contributed by atoms with E-state index in [2.05, 4.69) is 15.5 Å². The Morgan fingerprint density at radius 2 is 2.23 bits per heavy atom. The third-order valence-corrected chi connectivity index (χ3v) is 2.33. The van der Waals surface area contributed by atoms with Crippen molar-refractivity contribution >= 4 is 0 Å². The van der Waals surface area contributed by atoms with Gasteiger partial charge in [-0.3, -0.25) is 0 Å². The molecule has 1 heterocycles. The number of nitrogens with two attached hydrogens (primary N) is 1. The summed E-state index contributed by atoms with van der Waals surface area (Å²) in [6, 6.07) is 0. The molecule has 2 rings (SSSR count). The van der Waals surface area contributed by atoms with E-state index in [1.807, 2.05) is 4.68 Å². The molecule has 1 aromatic heterocycles. The van der Waals surface area contributed by atoms with E-state index in [9.17, 15) is 0 Å². The molecule has 0 atom stereocenters. The monoisotopic (exact) mass is 181 g/mol. The van der Waals surface area contributed by atoms with Crippen LogP contribution in [0.2, 0.25) is 0 Å². The van der Waals surface area contributed by atoms with Gasteiger partial charge in [-0.15, -0.1) is 5.10 Å². The molecule has 0 aromatic carbocycles. The summed E-state index contributed by atoms with van der Waals surface area (Å²) in [4.78, 5) is 0. The van der Waals surface area contributed by atoms with E-state index in [0.717, 1.165) is 31.8 Å². The highest BCUT2D eigenvalue weighted by molar-refractivity contribution is 5.02. The topological polar surface area (TPSA) is 69.6 Å². The molecule has 1 aliphatic rings. The van der Waals surface area contributed by atoms with Crippen molar-refractivity contribution in [3.8, 4) is 0 Å². The second-order valence-electron chi connectivity index (χ2n) is 3.53. The molecule has 5 heteroatoms. The fraction of sp³-hybridized carbons (Fsp3) is 0.875. The lowest BCUT2D eigenvalue weighted by molar-refractivity contribution is 0.526. The Balaban J connectivity index is 1.90. The van der Waals surface area contributed by atoms with Gasteiger partial charge in [0.15, 0.2) is 5.82 Å². The van der Waals surface area contributed by atoms with E-state index in [4.69, 9.17) is 5.73 Å². The summed E-state index contributed by atoms with van der Waals surface area (Å²) < 4.78 is 1.92. The summed E-state index contributed by atoms with van der Waals surface area (Å²) in [6.07, 6.45) is 4.61. The van der Waals surface area contributed by atoms with Crippen LogP contribution in [0, 0.1) is 0 Å². The largest absolute Gasteiger partial charge is 0.330 e. The zero-order chi connectivity index (χ0) is 9.10. The Kier molecular flexibility index (Phi) is 2.54. The Labute approximate surface area is 77.3 Å². The molecular weight excluding hydrogens is 166 g/mol. The number of rotatable bonds is 5. The molecule has 0 amide bonds. The maximum atomic E-state index is 5.42. The highest BCUT2D eigenvalue weighted by atomic mass is 15.5. The molecule has 0 unspecified atom stereocenters. The van der Waals surface area contributed by atoms with Crippen molar-refractivity contribution in [1.29, 1.82) is 0 Å². The number of aryl methyl sites for hydroxylation is 1. The number of hydrogen-bond donors (Lipinski definition) is 1. The highest BCUT2D eigenvalue weighted by Crippen LogP contribution is 2.38. The van der Waals surface area contributed by atoms with Gasteiger partial charge in [-0.05, 0) is 42.7 Å². The molecule has 5 nitrogen and oxygen atoms in total. The molecule has 72 valence electrons. The van der Waals surface area contributed by atoms with Crippen molar-refractivity contribution < 1.29 is 0 Å². The minimum atomic E-state index is 0.632. The van der Waals surface area contributed by atoms with Crippen molar-refractivity contribution in [3.05, 3.63) is 5.82 Å². The van der Waals surface area contributed by atoms with Gasteiger partial charge in [0, 0.05) is 12.5 Å². The fourth-order valence-corrected chi connectivity index (χ4v) is 1.41. The first-order chi connectivity index (χ1) is 6.42. The van der Waals surface area contributed by atoms with Gasteiger partial charge in [-0.1, -0.05) is 0 Å². The van der Waals surface area contributed by atoms with Crippen LogP contribution < -0.4 is 5.73 Å². The first-order valence-electron chi connectivity index (χ1n) is 4.88. The number of tetrazole rings is 1. The van der Waals surface area contributed by atoms with Gasteiger partial charge in [0.05, 0.1) is 0 Å². The van der Waals surface area contributed by atoms with Crippen LogP contribution >= 0.6 is 0 Å². The summed E-state index contributed by atoms with van der Waals surface area (Å²) in [6.45, 7) is 1.66. The summed E-state index contributed by atoms with van der Waals surface area (Å²) in [5, 5.41) is 11.7. The lowest BCUT2D eigenvalue weighted by Crippen LogP contribution is -2.07. The van der Waals surface area contributed by atoms with Crippen LogP contribution in [0.3, 0.4) is 0 Å². The molecule has 1 aromatic rings. The highest BCUT2D eigenvalue weighted by Gasteiger charge is 2.29. The minimum Gasteiger partial charge on any atom is -0.330 e. The van der Waals surface area contributed by atoms with Gasteiger partial charge in [0.2, 0.25) is 0 Å². The van der Waals surface area contributed by atoms with E-state index < -0.39 is 0 Å². The minimum absolute atomic E-state index is 0.632. The molecule has 0 radical (unpaired) electrons. The van der Waals surface area contributed by atoms with Gasteiger partial charge in [-0.25, -0.2) is 4.68 Å².